The lowest BCUT2D eigenvalue weighted by Crippen LogP contribution is -2.30. The van der Waals surface area contributed by atoms with Crippen LogP contribution in [0.4, 0.5) is 10.1 Å². The summed E-state index contributed by atoms with van der Waals surface area (Å²) in [6.07, 6.45) is 3.65. The summed E-state index contributed by atoms with van der Waals surface area (Å²) in [7, 11) is 0. The van der Waals surface area contributed by atoms with E-state index in [9.17, 15) is 4.39 Å². The average molecular weight is 521 g/mol. The van der Waals surface area contributed by atoms with Crippen molar-refractivity contribution in [3.05, 3.63) is 138 Å². The number of benzene rings is 3. The monoisotopic (exact) mass is 520 g/mol. The smallest absolute Gasteiger partial charge is 0.174 e. The molecule has 1 N–H and O–H groups in total. The second kappa shape index (κ2) is 10.1. The summed E-state index contributed by atoms with van der Waals surface area (Å²) < 4.78 is 22.8. The molecule has 0 amide bonds. The number of ether oxygens (including phenoxy) is 1. The van der Waals surface area contributed by atoms with E-state index in [1.165, 1.54) is 11.6 Å². The minimum Gasteiger partial charge on any atom is -0.457 e. The Bertz CT molecular complexity index is 1570. The Hall–Kier alpha value is -4.49. The Kier molecular flexibility index (Phi) is 6.35. The van der Waals surface area contributed by atoms with Crippen LogP contribution in [0.3, 0.4) is 0 Å². The van der Waals surface area contributed by atoms with Gasteiger partial charge in [-0.3, -0.25) is 4.98 Å². The van der Waals surface area contributed by atoms with Crippen LogP contribution < -0.4 is 15.0 Å². The van der Waals surface area contributed by atoms with Crippen LogP contribution in [0.15, 0.2) is 116 Å². The second-order valence-electron chi connectivity index (χ2n) is 9.16. The first-order valence-corrected chi connectivity index (χ1v) is 12.8. The molecule has 2 atom stereocenters. The number of nitrogens with one attached hydrogen (secondary N) is 1. The van der Waals surface area contributed by atoms with Gasteiger partial charge in [-0.2, -0.15) is 0 Å². The molecule has 3 aromatic carbocycles. The van der Waals surface area contributed by atoms with Gasteiger partial charge in [-0.25, -0.2) is 4.39 Å². The fraction of sp³-hybridized carbons (Fsp3) is 0.0968. The molecule has 5 aromatic rings. The highest BCUT2D eigenvalue weighted by atomic mass is 32.1. The maximum atomic E-state index is 14.9. The number of hydrogen-bond donors (Lipinski definition) is 1. The Morgan fingerprint density at radius 2 is 1.55 bits per heavy atom. The van der Waals surface area contributed by atoms with E-state index in [-0.39, 0.29) is 17.9 Å². The van der Waals surface area contributed by atoms with Gasteiger partial charge in [-0.1, -0.05) is 35.9 Å². The van der Waals surface area contributed by atoms with Gasteiger partial charge in [0.25, 0.3) is 0 Å². The lowest BCUT2D eigenvalue weighted by atomic mass is 10.0. The Morgan fingerprint density at radius 1 is 0.842 bits per heavy atom. The molecule has 38 heavy (non-hydrogen) atoms. The summed E-state index contributed by atoms with van der Waals surface area (Å²) in [5.74, 6) is 1.21. The van der Waals surface area contributed by atoms with Crippen LogP contribution in [0.5, 0.6) is 11.5 Å². The number of anilines is 1. The average Bonchev–Trinajstić information content (AvgIpc) is 3.55. The van der Waals surface area contributed by atoms with Crippen LogP contribution in [0, 0.1) is 12.7 Å². The molecule has 1 saturated heterocycles. The minimum absolute atomic E-state index is 0.243. The molecule has 188 valence electrons. The molecule has 5 nitrogen and oxygen atoms in total. The predicted molar refractivity (Wildman–Crippen MR) is 151 cm³/mol. The highest BCUT2D eigenvalue weighted by Crippen LogP contribution is 2.42. The van der Waals surface area contributed by atoms with Crippen molar-refractivity contribution in [2.75, 3.05) is 4.90 Å². The van der Waals surface area contributed by atoms with E-state index in [1.54, 1.807) is 18.3 Å². The van der Waals surface area contributed by atoms with Gasteiger partial charge < -0.3 is 19.5 Å². The lowest BCUT2D eigenvalue weighted by molar-refractivity contribution is 0.482. The highest BCUT2D eigenvalue weighted by Gasteiger charge is 2.42. The summed E-state index contributed by atoms with van der Waals surface area (Å²) in [6, 6.07) is 31.8. The third-order valence-corrected chi connectivity index (χ3v) is 6.98. The van der Waals surface area contributed by atoms with Crippen molar-refractivity contribution in [3.63, 3.8) is 0 Å². The number of aryl methyl sites for hydroxylation is 1. The SMILES string of the molecule is Cc1ccc(Oc2ccc(N3C(=S)N[C@H](c4ccccn4)[C@@H]3c3cccn3-c3ccccc3F)cc2)cc1. The molecule has 0 bridgehead atoms. The summed E-state index contributed by atoms with van der Waals surface area (Å²) >= 11 is 5.86. The van der Waals surface area contributed by atoms with Gasteiger partial charge in [-0.05, 0) is 91.9 Å². The van der Waals surface area contributed by atoms with Crippen molar-refractivity contribution in [1.29, 1.82) is 0 Å². The lowest BCUT2D eigenvalue weighted by Gasteiger charge is -2.29. The fourth-order valence-corrected chi connectivity index (χ4v) is 5.20. The Morgan fingerprint density at radius 3 is 2.26 bits per heavy atom. The summed E-state index contributed by atoms with van der Waals surface area (Å²) in [4.78, 5) is 6.68. The van der Waals surface area contributed by atoms with Gasteiger partial charge in [0.15, 0.2) is 5.11 Å². The second-order valence-corrected chi connectivity index (χ2v) is 9.55. The molecule has 0 saturated carbocycles. The van der Waals surface area contributed by atoms with Crippen LogP contribution in [0.1, 0.15) is 29.0 Å². The van der Waals surface area contributed by atoms with Crippen LogP contribution >= 0.6 is 12.2 Å². The topological polar surface area (TPSA) is 42.3 Å². The molecule has 1 aliphatic rings. The van der Waals surface area contributed by atoms with Gasteiger partial charge in [0, 0.05) is 23.8 Å². The summed E-state index contributed by atoms with van der Waals surface area (Å²) in [5, 5.41) is 4.04. The van der Waals surface area contributed by atoms with Crippen molar-refractivity contribution in [3.8, 4) is 17.2 Å². The number of aromatic nitrogens is 2. The number of rotatable bonds is 6. The molecule has 0 aliphatic carbocycles. The number of pyridine rings is 1. The highest BCUT2D eigenvalue weighted by molar-refractivity contribution is 7.80. The maximum absolute atomic E-state index is 14.9. The van der Waals surface area contributed by atoms with Gasteiger partial charge in [0.1, 0.15) is 23.4 Å². The van der Waals surface area contributed by atoms with Crippen molar-refractivity contribution >= 4 is 23.0 Å². The number of hydrogen-bond acceptors (Lipinski definition) is 3. The molecule has 1 aliphatic heterocycles. The first kappa shape index (κ1) is 23.9. The Labute approximate surface area is 226 Å². The molecule has 2 aromatic heterocycles. The van der Waals surface area contributed by atoms with E-state index in [1.807, 2.05) is 103 Å². The zero-order chi connectivity index (χ0) is 26.1. The summed E-state index contributed by atoms with van der Waals surface area (Å²) in [6.45, 7) is 2.04. The van der Waals surface area contributed by atoms with E-state index >= 15 is 0 Å². The molecule has 0 radical (unpaired) electrons. The first-order valence-electron chi connectivity index (χ1n) is 12.4. The normalized spacial score (nSPS) is 16.9. The van der Waals surface area contributed by atoms with Crippen molar-refractivity contribution in [1.82, 2.24) is 14.9 Å². The molecule has 3 heterocycles. The van der Waals surface area contributed by atoms with E-state index in [2.05, 4.69) is 15.2 Å². The van der Waals surface area contributed by atoms with E-state index in [0.29, 0.717) is 10.8 Å². The van der Waals surface area contributed by atoms with Gasteiger partial charge in [0.05, 0.1) is 17.4 Å². The third kappa shape index (κ3) is 4.53. The van der Waals surface area contributed by atoms with Crippen LogP contribution in [-0.2, 0) is 0 Å². The van der Waals surface area contributed by atoms with Gasteiger partial charge >= 0.3 is 0 Å². The number of para-hydroxylation sites is 1. The largest absolute Gasteiger partial charge is 0.457 e. The Balaban J connectivity index is 1.40. The third-order valence-electron chi connectivity index (χ3n) is 6.66. The molecular formula is C31H25FN4OS. The summed E-state index contributed by atoms with van der Waals surface area (Å²) in [5.41, 5.74) is 4.28. The molecular weight excluding hydrogens is 495 g/mol. The van der Waals surface area contributed by atoms with Crippen molar-refractivity contribution < 1.29 is 9.13 Å². The van der Waals surface area contributed by atoms with E-state index in [0.717, 1.165) is 28.6 Å². The standard InChI is InChI=1S/C31H25FN4OS/c1-21-11-15-23(16-12-21)37-24-17-13-22(14-18-24)36-30(29(34-31(36)38)26-8-4-5-19-33-26)28-10-6-20-35(28)27-9-3-2-7-25(27)32/h2-20,29-30H,1H3,(H,34,38)/t29-,30+/m1/s1. The fourth-order valence-electron chi connectivity index (χ4n) is 4.85. The molecule has 0 spiro atoms. The van der Waals surface area contributed by atoms with Crippen molar-refractivity contribution in [2.45, 2.75) is 19.0 Å². The zero-order valence-electron chi connectivity index (χ0n) is 20.7. The molecule has 6 rings (SSSR count). The van der Waals surface area contributed by atoms with Crippen LogP contribution in [-0.4, -0.2) is 14.7 Å². The minimum atomic E-state index is -0.294. The van der Waals surface area contributed by atoms with Crippen molar-refractivity contribution in [2.24, 2.45) is 0 Å². The number of halogens is 1. The van der Waals surface area contributed by atoms with Gasteiger partial charge in [0.2, 0.25) is 0 Å². The molecule has 1 fully saturated rings. The van der Waals surface area contributed by atoms with Crippen LogP contribution in [0.25, 0.3) is 5.69 Å². The quantitative estimate of drug-likeness (QED) is 0.238. The van der Waals surface area contributed by atoms with E-state index in [4.69, 9.17) is 17.0 Å². The van der Waals surface area contributed by atoms with Crippen LogP contribution in [0.2, 0.25) is 0 Å². The molecule has 7 heteroatoms. The maximum Gasteiger partial charge on any atom is 0.174 e. The zero-order valence-corrected chi connectivity index (χ0v) is 21.5. The first-order chi connectivity index (χ1) is 18.6. The number of nitrogens with zero attached hydrogens (tertiary/aromatic N) is 3. The van der Waals surface area contributed by atoms with E-state index < -0.39 is 0 Å². The molecule has 0 unspecified atom stereocenters. The predicted octanol–water partition coefficient (Wildman–Crippen LogP) is 7.29. The van der Waals surface area contributed by atoms with Gasteiger partial charge in [-0.15, -0.1) is 0 Å². The number of thiocarbonyl (C=S) groups is 1.